The molecule has 1 fully saturated rings. The number of carbonyl (C=O) groups is 2. The van der Waals surface area contributed by atoms with Gasteiger partial charge in [-0.3, -0.25) is 9.59 Å². The second-order valence-electron chi connectivity index (χ2n) is 6.94. The summed E-state index contributed by atoms with van der Waals surface area (Å²) in [7, 11) is 0. The minimum atomic E-state index is -4.63. The molecule has 0 bridgehead atoms. The Morgan fingerprint density at radius 3 is 2.72 bits per heavy atom. The van der Waals surface area contributed by atoms with Crippen LogP contribution in [0.2, 0.25) is 0 Å². The van der Waals surface area contributed by atoms with Gasteiger partial charge in [0.2, 0.25) is 11.8 Å². The fourth-order valence-corrected chi connectivity index (χ4v) is 3.65. The van der Waals surface area contributed by atoms with Crippen molar-refractivity contribution in [1.82, 2.24) is 14.3 Å². The molecule has 0 saturated carbocycles. The molecule has 2 N–H and O–H groups in total. The predicted octanol–water partition coefficient (Wildman–Crippen LogP) is 2.63. The van der Waals surface area contributed by atoms with E-state index >= 15 is 0 Å². The molecule has 2 amide bonds. The Labute approximate surface area is 162 Å². The van der Waals surface area contributed by atoms with E-state index in [0.717, 1.165) is 6.07 Å². The average Bonchev–Trinajstić information content (AvgIpc) is 3.38. The third kappa shape index (κ3) is 3.57. The van der Waals surface area contributed by atoms with Crippen LogP contribution in [0.25, 0.3) is 16.8 Å². The van der Waals surface area contributed by atoms with Gasteiger partial charge in [0.15, 0.2) is 0 Å². The Kier molecular flexibility index (Phi) is 4.56. The quantitative estimate of drug-likeness (QED) is 0.721. The summed E-state index contributed by atoms with van der Waals surface area (Å²) < 4.78 is 47.0. The van der Waals surface area contributed by atoms with Crippen LogP contribution in [0.1, 0.15) is 24.1 Å². The summed E-state index contributed by atoms with van der Waals surface area (Å²) in [6.45, 7) is 0.387. The molecule has 1 aliphatic rings. The van der Waals surface area contributed by atoms with E-state index in [2.05, 4.69) is 4.98 Å². The maximum atomic E-state index is 13.6. The van der Waals surface area contributed by atoms with E-state index in [1.807, 2.05) is 0 Å². The van der Waals surface area contributed by atoms with Crippen molar-refractivity contribution in [2.45, 2.75) is 31.5 Å². The first-order valence-corrected chi connectivity index (χ1v) is 8.94. The van der Waals surface area contributed by atoms with E-state index < -0.39 is 29.6 Å². The third-order valence-electron chi connectivity index (χ3n) is 4.99. The first-order valence-electron chi connectivity index (χ1n) is 8.94. The van der Waals surface area contributed by atoms with E-state index in [1.54, 1.807) is 6.07 Å². The number of aromatic nitrogens is 2. The molecule has 0 spiro atoms. The maximum Gasteiger partial charge on any atom is 0.420 e. The van der Waals surface area contributed by atoms with Gasteiger partial charge in [-0.15, -0.1) is 0 Å². The number of alkyl halides is 3. The van der Waals surface area contributed by atoms with Gasteiger partial charge >= 0.3 is 6.18 Å². The summed E-state index contributed by atoms with van der Waals surface area (Å²) in [5.74, 6) is -0.978. The lowest BCUT2D eigenvalue weighted by Crippen LogP contribution is -2.44. The van der Waals surface area contributed by atoms with E-state index in [1.165, 1.54) is 34.2 Å². The minimum Gasteiger partial charge on any atom is -0.472 e. The lowest BCUT2D eigenvalue weighted by Gasteiger charge is -2.21. The Bertz CT molecular complexity index is 1070. The number of halogens is 3. The second kappa shape index (κ2) is 6.94. The van der Waals surface area contributed by atoms with Gasteiger partial charge in [-0.25, -0.2) is 4.98 Å². The molecule has 10 heteroatoms. The van der Waals surface area contributed by atoms with Crippen molar-refractivity contribution in [2.24, 2.45) is 5.73 Å². The average molecular weight is 406 g/mol. The molecule has 4 heterocycles. The van der Waals surface area contributed by atoms with Crippen molar-refractivity contribution in [2.75, 3.05) is 6.54 Å². The molecule has 0 aromatic carbocycles. The number of pyridine rings is 1. The number of hydrogen-bond donors (Lipinski definition) is 1. The van der Waals surface area contributed by atoms with Gasteiger partial charge in [0.05, 0.1) is 30.2 Å². The van der Waals surface area contributed by atoms with E-state index in [9.17, 15) is 22.8 Å². The van der Waals surface area contributed by atoms with Gasteiger partial charge in [-0.1, -0.05) is 0 Å². The fourth-order valence-electron chi connectivity index (χ4n) is 3.65. The monoisotopic (exact) mass is 406 g/mol. The normalized spacial score (nSPS) is 17.2. The zero-order valence-electron chi connectivity index (χ0n) is 15.1. The van der Waals surface area contributed by atoms with Gasteiger partial charge in [0.25, 0.3) is 0 Å². The molecule has 1 saturated heterocycles. The molecule has 1 atom stereocenters. The molecule has 0 unspecified atom stereocenters. The molecule has 0 radical (unpaired) electrons. The van der Waals surface area contributed by atoms with Crippen molar-refractivity contribution in [3.8, 4) is 11.1 Å². The number of nitrogens with two attached hydrogens (primary N) is 1. The van der Waals surface area contributed by atoms with Crippen molar-refractivity contribution >= 4 is 17.5 Å². The first kappa shape index (κ1) is 19.0. The van der Waals surface area contributed by atoms with Crippen LogP contribution in [-0.4, -0.2) is 38.7 Å². The standard InChI is InChI=1S/C19H17F3N4O3/c20-19(21,22)14-6-12(11-3-5-29-10-11)8-25-9-13(24-18(14)25)7-16(27)26-4-1-2-15(26)17(23)28/h3,5-6,8-10,15H,1-2,4,7H2,(H2,23,28)/t15-/m1/s1. The molecule has 7 nitrogen and oxygen atoms in total. The number of rotatable bonds is 4. The van der Waals surface area contributed by atoms with E-state index in [-0.39, 0.29) is 17.8 Å². The van der Waals surface area contributed by atoms with Crippen LogP contribution >= 0.6 is 0 Å². The molecule has 152 valence electrons. The smallest absolute Gasteiger partial charge is 0.420 e. The number of likely N-dealkylation sites (tertiary alicyclic amines) is 1. The summed E-state index contributed by atoms with van der Waals surface area (Å²) in [5, 5.41) is 0. The van der Waals surface area contributed by atoms with Crippen LogP contribution in [0.3, 0.4) is 0 Å². The Morgan fingerprint density at radius 2 is 2.07 bits per heavy atom. The molecular formula is C19H17F3N4O3. The van der Waals surface area contributed by atoms with Gasteiger partial charge in [0.1, 0.15) is 11.7 Å². The lowest BCUT2D eigenvalue weighted by molar-refractivity contribution is -0.136. The molecule has 1 aliphatic heterocycles. The van der Waals surface area contributed by atoms with Crippen LogP contribution in [0.5, 0.6) is 0 Å². The van der Waals surface area contributed by atoms with E-state index in [4.69, 9.17) is 10.2 Å². The summed E-state index contributed by atoms with van der Waals surface area (Å²) >= 11 is 0. The van der Waals surface area contributed by atoms with Crippen molar-refractivity contribution in [3.63, 3.8) is 0 Å². The van der Waals surface area contributed by atoms with Crippen LogP contribution in [0.15, 0.2) is 41.5 Å². The largest absolute Gasteiger partial charge is 0.472 e. The number of fused-ring (bicyclic) bond motifs is 1. The van der Waals surface area contributed by atoms with Crippen LogP contribution in [0.4, 0.5) is 13.2 Å². The Morgan fingerprint density at radius 1 is 1.28 bits per heavy atom. The van der Waals surface area contributed by atoms with Gasteiger partial charge in [0, 0.05) is 30.1 Å². The Balaban J connectivity index is 1.70. The van der Waals surface area contributed by atoms with Crippen LogP contribution < -0.4 is 5.73 Å². The van der Waals surface area contributed by atoms with Crippen molar-refractivity contribution in [3.05, 3.63) is 48.3 Å². The van der Waals surface area contributed by atoms with Crippen LogP contribution in [0, 0.1) is 0 Å². The molecule has 3 aromatic rings. The highest BCUT2D eigenvalue weighted by atomic mass is 19.4. The van der Waals surface area contributed by atoms with E-state index in [0.29, 0.717) is 30.5 Å². The highest BCUT2D eigenvalue weighted by Gasteiger charge is 2.36. The highest BCUT2D eigenvalue weighted by Crippen LogP contribution is 2.35. The predicted molar refractivity (Wildman–Crippen MR) is 95.5 cm³/mol. The number of hydrogen-bond acceptors (Lipinski definition) is 4. The number of furan rings is 1. The number of amides is 2. The zero-order valence-corrected chi connectivity index (χ0v) is 15.1. The number of imidazole rings is 1. The lowest BCUT2D eigenvalue weighted by atomic mass is 10.1. The second-order valence-corrected chi connectivity index (χ2v) is 6.94. The molecule has 4 rings (SSSR count). The SMILES string of the molecule is NC(=O)[C@H]1CCCN1C(=O)Cc1cn2cc(-c3ccoc3)cc(C(F)(F)F)c2n1. The number of carbonyl (C=O) groups excluding carboxylic acids is 2. The highest BCUT2D eigenvalue weighted by molar-refractivity contribution is 5.88. The summed E-state index contributed by atoms with van der Waals surface area (Å²) in [5.41, 5.74) is 5.10. The Hall–Kier alpha value is -3.30. The van der Waals surface area contributed by atoms with Gasteiger partial charge in [-0.05, 0) is 25.0 Å². The molecule has 3 aromatic heterocycles. The summed E-state index contributed by atoms with van der Waals surface area (Å²) in [6, 6.07) is 1.88. The summed E-state index contributed by atoms with van der Waals surface area (Å²) in [6.07, 6.45) is 1.90. The molecule has 0 aliphatic carbocycles. The van der Waals surface area contributed by atoms with Crippen molar-refractivity contribution in [1.29, 1.82) is 0 Å². The maximum absolute atomic E-state index is 13.6. The molecule has 29 heavy (non-hydrogen) atoms. The fraction of sp³-hybridized carbons (Fsp3) is 0.316. The number of nitrogens with zero attached hydrogens (tertiary/aromatic N) is 3. The zero-order chi connectivity index (χ0) is 20.8. The third-order valence-corrected chi connectivity index (χ3v) is 4.99. The number of primary amides is 1. The topological polar surface area (TPSA) is 93.8 Å². The van der Waals surface area contributed by atoms with Crippen molar-refractivity contribution < 1.29 is 27.2 Å². The first-order chi connectivity index (χ1) is 13.7. The molecular weight excluding hydrogens is 389 g/mol. The van der Waals surface area contributed by atoms with Gasteiger partial charge < -0.3 is 19.5 Å². The van der Waals surface area contributed by atoms with Crippen LogP contribution in [-0.2, 0) is 22.2 Å². The minimum absolute atomic E-state index is 0.181. The van der Waals surface area contributed by atoms with Gasteiger partial charge in [-0.2, -0.15) is 13.2 Å². The summed E-state index contributed by atoms with van der Waals surface area (Å²) in [4.78, 5) is 29.5.